The smallest absolute Gasteiger partial charge is 0.263 e. The molecule has 0 spiro atoms. The first-order chi connectivity index (χ1) is 12.8. The Balaban J connectivity index is 1.90. The predicted octanol–water partition coefficient (Wildman–Crippen LogP) is 3.43. The van der Waals surface area contributed by atoms with Crippen LogP contribution in [0.1, 0.15) is 25.8 Å². The number of hydrogen-bond donors (Lipinski definition) is 2. The molecule has 3 rings (SSSR count). The Labute approximate surface area is 163 Å². The maximum absolute atomic E-state index is 12.8. The van der Waals surface area contributed by atoms with Crippen LogP contribution in [-0.4, -0.2) is 26.2 Å². The first-order valence-corrected chi connectivity index (χ1v) is 10.4. The normalized spacial score (nSPS) is 17.4. The molecule has 8 heteroatoms. The lowest BCUT2D eigenvalue weighted by Gasteiger charge is -2.16. The molecular formula is C19H20ClN3O3S. The van der Waals surface area contributed by atoms with E-state index in [9.17, 15) is 13.2 Å². The van der Waals surface area contributed by atoms with Crippen LogP contribution in [0.25, 0.3) is 0 Å². The van der Waals surface area contributed by atoms with Crippen molar-refractivity contribution >= 4 is 39.1 Å². The molecule has 2 aromatic carbocycles. The zero-order valence-corrected chi connectivity index (χ0v) is 16.5. The van der Waals surface area contributed by atoms with Crippen molar-refractivity contribution in [3.05, 3.63) is 59.1 Å². The summed E-state index contributed by atoms with van der Waals surface area (Å²) in [6.07, 6.45) is 0.479. The number of nitrogens with one attached hydrogen (secondary N) is 2. The number of rotatable bonds is 5. The van der Waals surface area contributed by atoms with Crippen molar-refractivity contribution in [3.63, 3.8) is 0 Å². The molecule has 142 valence electrons. The molecule has 2 aromatic rings. The third-order valence-corrected chi connectivity index (χ3v) is 5.71. The largest absolute Gasteiger partial charge is 0.324 e. The number of halogens is 1. The van der Waals surface area contributed by atoms with Crippen LogP contribution >= 0.6 is 11.6 Å². The van der Waals surface area contributed by atoms with E-state index in [1.54, 1.807) is 42.5 Å². The van der Waals surface area contributed by atoms with E-state index < -0.39 is 16.1 Å². The summed E-state index contributed by atoms with van der Waals surface area (Å²) in [7, 11) is -3.65. The van der Waals surface area contributed by atoms with E-state index in [4.69, 9.17) is 11.6 Å². The minimum absolute atomic E-state index is 0.171. The summed E-state index contributed by atoms with van der Waals surface area (Å²) >= 11 is 5.87. The maximum atomic E-state index is 12.8. The molecule has 0 bridgehead atoms. The van der Waals surface area contributed by atoms with E-state index in [0.29, 0.717) is 22.7 Å². The van der Waals surface area contributed by atoms with Gasteiger partial charge in [-0.3, -0.25) is 14.5 Å². The Hall–Kier alpha value is -2.38. The van der Waals surface area contributed by atoms with E-state index in [2.05, 4.69) is 15.0 Å². The van der Waals surface area contributed by atoms with Crippen LogP contribution in [-0.2, 0) is 14.8 Å². The fraction of sp³-hybridized carbons (Fsp3) is 0.263. The molecular weight excluding hydrogens is 386 g/mol. The Kier molecular flexibility index (Phi) is 5.53. The van der Waals surface area contributed by atoms with Crippen molar-refractivity contribution in [2.24, 2.45) is 10.9 Å². The van der Waals surface area contributed by atoms with Crippen LogP contribution in [0, 0.1) is 5.92 Å². The summed E-state index contributed by atoms with van der Waals surface area (Å²) in [5, 5.41) is 3.38. The highest BCUT2D eigenvalue weighted by molar-refractivity contribution is 7.90. The zero-order chi connectivity index (χ0) is 19.6. The fourth-order valence-electron chi connectivity index (χ4n) is 2.81. The van der Waals surface area contributed by atoms with Crippen LogP contribution in [0.4, 0.5) is 5.69 Å². The summed E-state index contributed by atoms with van der Waals surface area (Å²) in [6.45, 7) is 3.96. The molecule has 1 unspecified atom stereocenters. The number of benzene rings is 2. The van der Waals surface area contributed by atoms with Crippen molar-refractivity contribution < 1.29 is 13.2 Å². The minimum atomic E-state index is -3.65. The number of carbonyl (C=O) groups excluding carboxylic acids is 1. The first kappa shape index (κ1) is 19.4. The molecule has 0 fully saturated rings. The third-order valence-electron chi connectivity index (χ3n) is 4.06. The average Bonchev–Trinajstić information content (AvgIpc) is 2.87. The van der Waals surface area contributed by atoms with E-state index in [-0.39, 0.29) is 22.6 Å². The number of carbonyl (C=O) groups is 1. The number of hydrogen-bond acceptors (Lipinski definition) is 4. The summed E-state index contributed by atoms with van der Waals surface area (Å²) in [6, 6.07) is 12.6. The molecule has 1 aliphatic heterocycles. The number of anilines is 1. The average molecular weight is 406 g/mol. The second-order valence-corrected chi connectivity index (χ2v) is 8.81. The summed E-state index contributed by atoms with van der Waals surface area (Å²) in [4.78, 5) is 17.4. The van der Waals surface area contributed by atoms with Crippen LogP contribution < -0.4 is 10.0 Å². The molecule has 1 heterocycles. The van der Waals surface area contributed by atoms with Crippen molar-refractivity contribution in [1.29, 1.82) is 0 Å². The van der Waals surface area contributed by atoms with Crippen molar-refractivity contribution in [2.45, 2.75) is 31.2 Å². The van der Waals surface area contributed by atoms with Gasteiger partial charge in [-0.1, -0.05) is 37.6 Å². The molecule has 1 atom stereocenters. The van der Waals surface area contributed by atoms with E-state index >= 15 is 0 Å². The highest BCUT2D eigenvalue weighted by atomic mass is 35.5. The van der Waals surface area contributed by atoms with Gasteiger partial charge in [0.25, 0.3) is 10.0 Å². The lowest BCUT2D eigenvalue weighted by atomic mass is 10.0. The van der Waals surface area contributed by atoms with Gasteiger partial charge in [-0.05, 0) is 48.7 Å². The molecule has 27 heavy (non-hydrogen) atoms. The Morgan fingerprint density at radius 2 is 1.81 bits per heavy atom. The van der Waals surface area contributed by atoms with Gasteiger partial charge in [0.15, 0.2) is 0 Å². The quantitative estimate of drug-likeness (QED) is 0.798. The number of sulfonamides is 1. The summed E-state index contributed by atoms with van der Waals surface area (Å²) in [5.74, 6) is 0.0909. The first-order valence-electron chi connectivity index (χ1n) is 8.53. The van der Waals surface area contributed by atoms with Crippen LogP contribution in [0.2, 0.25) is 5.02 Å². The highest BCUT2D eigenvalue weighted by Crippen LogP contribution is 2.24. The molecule has 1 aliphatic rings. The van der Waals surface area contributed by atoms with Crippen molar-refractivity contribution in [2.75, 3.05) is 5.32 Å². The van der Waals surface area contributed by atoms with Gasteiger partial charge in [0.2, 0.25) is 5.91 Å². The number of fused-ring (bicyclic) bond motifs is 1. The van der Waals surface area contributed by atoms with Gasteiger partial charge >= 0.3 is 0 Å². The van der Waals surface area contributed by atoms with Gasteiger partial charge in [-0.15, -0.1) is 0 Å². The van der Waals surface area contributed by atoms with Crippen molar-refractivity contribution in [3.8, 4) is 0 Å². The van der Waals surface area contributed by atoms with Gasteiger partial charge in [0.05, 0.1) is 4.90 Å². The van der Waals surface area contributed by atoms with Crippen LogP contribution in [0.15, 0.2) is 58.4 Å². The van der Waals surface area contributed by atoms with E-state index in [1.807, 2.05) is 13.8 Å². The lowest BCUT2D eigenvalue weighted by Crippen LogP contribution is -2.31. The molecule has 2 N–H and O–H groups in total. The van der Waals surface area contributed by atoms with Crippen molar-refractivity contribution in [1.82, 2.24) is 4.72 Å². The third kappa shape index (κ3) is 4.48. The topological polar surface area (TPSA) is 87.6 Å². The molecule has 0 aromatic heterocycles. The number of amides is 1. The SMILES string of the molecule is CC(C)CC(N=C1NS(=O)(=O)c2ccccc21)C(=O)Nc1ccc(Cl)cc1. The number of aliphatic imine (C=N–C) groups is 1. The Morgan fingerprint density at radius 3 is 2.48 bits per heavy atom. The van der Waals surface area contributed by atoms with Gasteiger partial charge in [-0.25, -0.2) is 8.42 Å². The van der Waals surface area contributed by atoms with Gasteiger partial charge in [0, 0.05) is 16.3 Å². The van der Waals surface area contributed by atoms with E-state index in [0.717, 1.165) is 0 Å². The molecule has 0 saturated carbocycles. The second kappa shape index (κ2) is 7.70. The summed E-state index contributed by atoms with van der Waals surface area (Å²) in [5.41, 5.74) is 1.08. The van der Waals surface area contributed by atoms with Crippen LogP contribution in [0.3, 0.4) is 0 Å². The number of amidine groups is 1. The van der Waals surface area contributed by atoms with E-state index in [1.165, 1.54) is 6.07 Å². The standard InChI is InChI=1S/C19H20ClN3O3S/c1-12(2)11-16(19(24)21-14-9-7-13(20)8-10-14)22-18-15-5-3-4-6-17(15)27(25,26)23-18/h3-10,12,16H,11H2,1-2H3,(H,21,24)(H,22,23). The van der Waals surface area contributed by atoms with Gasteiger partial charge in [-0.2, -0.15) is 0 Å². The Bertz CT molecular complexity index is 986. The van der Waals surface area contributed by atoms with Crippen LogP contribution in [0.5, 0.6) is 0 Å². The monoisotopic (exact) mass is 405 g/mol. The molecule has 0 aliphatic carbocycles. The van der Waals surface area contributed by atoms with Gasteiger partial charge < -0.3 is 5.32 Å². The second-order valence-electron chi connectivity index (χ2n) is 6.72. The maximum Gasteiger partial charge on any atom is 0.263 e. The minimum Gasteiger partial charge on any atom is -0.324 e. The lowest BCUT2D eigenvalue weighted by molar-refractivity contribution is -0.117. The molecule has 1 amide bonds. The van der Waals surface area contributed by atoms with Gasteiger partial charge in [0.1, 0.15) is 11.9 Å². The zero-order valence-electron chi connectivity index (χ0n) is 14.9. The Morgan fingerprint density at radius 1 is 1.15 bits per heavy atom. The molecule has 6 nitrogen and oxygen atoms in total. The fourth-order valence-corrected chi connectivity index (χ4v) is 4.17. The number of nitrogens with zero attached hydrogens (tertiary/aromatic N) is 1. The predicted molar refractivity (Wildman–Crippen MR) is 107 cm³/mol. The summed E-state index contributed by atoms with van der Waals surface area (Å²) < 4.78 is 27.0. The highest BCUT2D eigenvalue weighted by Gasteiger charge is 2.32. The molecule has 0 saturated heterocycles. The molecule has 0 radical (unpaired) electrons.